The van der Waals surface area contributed by atoms with Gasteiger partial charge in [-0.2, -0.15) is 18.4 Å². The van der Waals surface area contributed by atoms with Crippen LogP contribution in [0.15, 0.2) is 64.2 Å². The van der Waals surface area contributed by atoms with E-state index in [2.05, 4.69) is 20.9 Å². The van der Waals surface area contributed by atoms with Gasteiger partial charge in [0.2, 0.25) is 11.6 Å². The van der Waals surface area contributed by atoms with Crippen molar-refractivity contribution in [1.82, 2.24) is 9.97 Å². The summed E-state index contributed by atoms with van der Waals surface area (Å²) in [5.41, 5.74) is 8.06. The fourth-order valence-electron chi connectivity index (χ4n) is 3.40. The first-order valence-corrected chi connectivity index (χ1v) is 12.4. The number of aliphatic hydroxyl groups is 1. The topological polar surface area (TPSA) is 123 Å². The average Bonchev–Trinajstić information content (AvgIpc) is 3.39. The number of alkyl halides is 3. The molecule has 1 unspecified atom stereocenters. The van der Waals surface area contributed by atoms with E-state index < -0.39 is 18.9 Å². The van der Waals surface area contributed by atoms with Crippen molar-refractivity contribution in [3.63, 3.8) is 0 Å². The summed E-state index contributed by atoms with van der Waals surface area (Å²) in [6.07, 6.45) is -5.96. The molecule has 13 heteroatoms. The zero-order chi connectivity index (χ0) is 28.2. The van der Waals surface area contributed by atoms with Gasteiger partial charge in [0, 0.05) is 21.9 Å². The highest BCUT2D eigenvalue weighted by atomic mass is 35.5. The molecular weight excluding hydrogens is 567 g/mol. The van der Waals surface area contributed by atoms with Crippen LogP contribution < -0.4 is 10.5 Å². The number of nitriles is 1. The van der Waals surface area contributed by atoms with E-state index >= 15 is 0 Å². The van der Waals surface area contributed by atoms with Gasteiger partial charge in [0.25, 0.3) is 0 Å². The summed E-state index contributed by atoms with van der Waals surface area (Å²) >= 11 is 7.10. The minimum atomic E-state index is -4.81. The largest absolute Gasteiger partial charge is 0.491 e. The molecule has 3 N–H and O–H groups in total. The lowest BCUT2D eigenvalue weighted by Crippen LogP contribution is -2.34. The van der Waals surface area contributed by atoms with Crippen LogP contribution in [0.25, 0.3) is 27.4 Å². The van der Waals surface area contributed by atoms with Gasteiger partial charge >= 0.3 is 6.18 Å². The first-order valence-electron chi connectivity index (χ1n) is 11.0. The van der Waals surface area contributed by atoms with E-state index in [-0.39, 0.29) is 46.6 Å². The molecule has 40 heavy (non-hydrogen) atoms. The number of nitrogen functional groups attached to an aromatic ring is 1. The van der Waals surface area contributed by atoms with Gasteiger partial charge in [-0.3, -0.25) is 0 Å². The molecule has 4 rings (SSSR count). The summed E-state index contributed by atoms with van der Waals surface area (Å²) in [6.45, 7) is 6.58. The highest BCUT2D eigenvalue weighted by Crippen LogP contribution is 2.42. The first-order chi connectivity index (χ1) is 18.6. The highest BCUT2D eigenvalue weighted by Gasteiger charge is 2.38. The van der Waals surface area contributed by atoms with E-state index in [9.17, 15) is 18.4 Å². The van der Waals surface area contributed by atoms with Gasteiger partial charge in [-0.1, -0.05) is 42.9 Å². The number of aromatic nitrogens is 2. The van der Waals surface area contributed by atoms with Crippen molar-refractivity contribution in [2.24, 2.45) is 0 Å². The van der Waals surface area contributed by atoms with Crippen molar-refractivity contribution in [3.05, 3.63) is 82.5 Å². The number of hydrogen-bond acceptors (Lipinski definition) is 8. The van der Waals surface area contributed by atoms with Gasteiger partial charge in [0.05, 0.1) is 17.8 Å². The Balaban J connectivity index is 0.00000441. The number of nitrogens with zero attached hydrogens (tertiary/aromatic N) is 4. The number of aliphatic hydroxyl groups excluding tert-OH is 1. The second-order valence-corrected chi connectivity index (χ2v) is 9.36. The Morgan fingerprint density at radius 3 is 2.40 bits per heavy atom. The molecule has 0 radical (unpaired) electrons. The molecule has 0 spiro atoms. The van der Waals surface area contributed by atoms with Crippen LogP contribution in [0.4, 0.5) is 24.7 Å². The fourth-order valence-corrected chi connectivity index (χ4v) is 4.40. The number of hydrogen-bond donors (Lipinski definition) is 2. The Labute approximate surface area is 237 Å². The lowest BCUT2D eigenvalue weighted by molar-refractivity contribution is -0.210. The van der Waals surface area contributed by atoms with Crippen molar-refractivity contribution in [3.8, 4) is 34.4 Å². The summed E-state index contributed by atoms with van der Waals surface area (Å²) in [5.74, 6) is 0.647. The minimum absolute atomic E-state index is 0. The molecule has 2 aromatic heterocycles. The Morgan fingerprint density at radius 2 is 1.80 bits per heavy atom. The SMILES string of the molecule is C.[C-]#[N+]c1c(N)nc(SCc2coc(-c3ccc(Cl)cc3)n2)c(C#N)c1-c1ccc(OCC(O)C(F)(F)F)cc1. The Morgan fingerprint density at radius 1 is 1.15 bits per heavy atom. The predicted octanol–water partition coefficient (Wildman–Crippen LogP) is 7.29. The third-order valence-corrected chi connectivity index (χ3v) is 6.58. The lowest BCUT2D eigenvalue weighted by Gasteiger charge is -2.16. The van der Waals surface area contributed by atoms with Crippen molar-refractivity contribution in [2.45, 2.75) is 30.5 Å². The van der Waals surface area contributed by atoms with Gasteiger partial charge in [0.1, 0.15) is 35.5 Å². The van der Waals surface area contributed by atoms with E-state index in [0.29, 0.717) is 22.2 Å². The zero-order valence-electron chi connectivity index (χ0n) is 19.7. The summed E-state index contributed by atoms with van der Waals surface area (Å²) in [7, 11) is 0. The van der Waals surface area contributed by atoms with Gasteiger partial charge in [-0.25, -0.2) is 14.8 Å². The van der Waals surface area contributed by atoms with Gasteiger partial charge < -0.3 is 20.0 Å². The number of ether oxygens (including phenoxy) is 1. The van der Waals surface area contributed by atoms with Gasteiger partial charge in [-0.15, -0.1) is 0 Å². The van der Waals surface area contributed by atoms with Crippen molar-refractivity contribution in [1.29, 1.82) is 5.26 Å². The quantitative estimate of drug-likeness (QED) is 0.163. The third kappa shape index (κ3) is 6.85. The van der Waals surface area contributed by atoms with Crippen LogP contribution >= 0.6 is 23.4 Å². The van der Waals surface area contributed by atoms with E-state index in [1.807, 2.05) is 0 Å². The highest BCUT2D eigenvalue weighted by molar-refractivity contribution is 7.98. The summed E-state index contributed by atoms with van der Waals surface area (Å²) in [4.78, 5) is 12.1. The smallest absolute Gasteiger partial charge is 0.417 e. The van der Waals surface area contributed by atoms with Crippen LogP contribution in [0.1, 0.15) is 18.7 Å². The second kappa shape index (κ2) is 12.7. The zero-order valence-corrected chi connectivity index (χ0v) is 21.3. The monoisotopic (exact) mass is 587 g/mol. The number of pyridine rings is 1. The van der Waals surface area contributed by atoms with E-state index in [4.69, 9.17) is 38.2 Å². The van der Waals surface area contributed by atoms with Crippen molar-refractivity contribution >= 4 is 34.9 Å². The number of benzene rings is 2. The molecule has 0 aliphatic rings. The molecule has 0 bridgehead atoms. The predicted molar refractivity (Wildman–Crippen MR) is 146 cm³/mol. The molecule has 0 aliphatic heterocycles. The molecule has 0 amide bonds. The number of anilines is 1. The number of thioether (sulfide) groups is 1. The minimum Gasteiger partial charge on any atom is -0.491 e. The lowest BCUT2D eigenvalue weighted by atomic mass is 10.00. The molecule has 0 saturated heterocycles. The standard InChI is InChI=1S/C26H17ClF3N5O3S.CH4/c1-33-22-21(14-4-8-18(9-5-14)37-12-20(36)26(28,29)30)19(10-31)25(35-23(22)32)39-13-17-11-38-24(34-17)15-2-6-16(27)7-3-15;/h2-9,11,20,36H,12-13H2,(H2,32,35);1H4. The number of rotatable bonds is 8. The first kappa shape index (κ1) is 30.3. The molecule has 1 atom stereocenters. The summed E-state index contributed by atoms with van der Waals surface area (Å²) in [5, 5.41) is 19.9. The van der Waals surface area contributed by atoms with E-state index in [1.54, 1.807) is 24.3 Å². The van der Waals surface area contributed by atoms with Crippen LogP contribution in [0.5, 0.6) is 5.75 Å². The Bertz CT molecular complexity index is 1560. The molecule has 2 heterocycles. The summed E-state index contributed by atoms with van der Waals surface area (Å²) < 4.78 is 48.1. The maximum atomic E-state index is 12.5. The second-order valence-electron chi connectivity index (χ2n) is 7.96. The van der Waals surface area contributed by atoms with Crippen molar-refractivity contribution < 1.29 is 27.4 Å². The summed E-state index contributed by atoms with van der Waals surface area (Å²) in [6, 6.07) is 14.7. The number of oxazole rings is 1. The molecule has 4 aromatic rings. The number of nitrogens with two attached hydrogens (primary N) is 1. The fraction of sp³-hybridized carbons (Fsp3) is 0.185. The normalized spacial score (nSPS) is 11.7. The van der Waals surface area contributed by atoms with Gasteiger partial charge in [-0.05, 0) is 42.0 Å². The van der Waals surface area contributed by atoms with Crippen LogP contribution in [0, 0.1) is 17.9 Å². The van der Waals surface area contributed by atoms with Crippen LogP contribution in [-0.4, -0.2) is 34.0 Å². The van der Waals surface area contributed by atoms with Crippen molar-refractivity contribution in [2.75, 3.05) is 12.3 Å². The average molecular weight is 588 g/mol. The Kier molecular flexibility index (Phi) is 9.66. The van der Waals surface area contributed by atoms with Crippen LogP contribution in [-0.2, 0) is 5.75 Å². The van der Waals surface area contributed by atoms with Crippen LogP contribution in [0.2, 0.25) is 5.02 Å². The molecule has 8 nitrogen and oxygen atoms in total. The van der Waals surface area contributed by atoms with Crippen LogP contribution in [0.3, 0.4) is 0 Å². The molecule has 206 valence electrons. The molecule has 0 saturated carbocycles. The molecular formula is C27H21ClF3N5O3S. The maximum Gasteiger partial charge on any atom is 0.417 e. The Hall–Kier alpha value is -4.23. The molecule has 0 fully saturated rings. The van der Waals surface area contributed by atoms with E-state index in [1.165, 1.54) is 42.3 Å². The number of halogens is 4. The third-order valence-electron chi connectivity index (χ3n) is 5.32. The molecule has 0 aliphatic carbocycles. The van der Waals surface area contributed by atoms with Gasteiger partial charge in [0.15, 0.2) is 6.10 Å². The van der Waals surface area contributed by atoms with E-state index in [0.717, 1.165) is 5.56 Å². The molecule has 2 aromatic carbocycles. The maximum absolute atomic E-state index is 12.5.